The van der Waals surface area contributed by atoms with Crippen LogP contribution in [0.15, 0.2) is 11.6 Å². The minimum atomic E-state index is -1.65. The predicted octanol–water partition coefficient (Wildman–Crippen LogP) is 3.01. The first-order chi connectivity index (χ1) is 23.2. The van der Waals surface area contributed by atoms with E-state index in [1.54, 1.807) is 0 Å². The van der Waals surface area contributed by atoms with E-state index in [0.717, 1.165) is 24.8 Å². The number of carboxylic acids is 1. The van der Waals surface area contributed by atoms with Gasteiger partial charge in [-0.05, 0) is 72.0 Å². The Bertz CT molecular complexity index is 1370. The minimum absolute atomic E-state index is 0.0419. The molecule has 6 N–H and O–H groups in total. The maximum atomic E-state index is 13.4. The number of carbonyl (C=O) groups excluding carboxylic acids is 1. The van der Waals surface area contributed by atoms with Crippen molar-refractivity contribution in [1.29, 1.82) is 0 Å². The van der Waals surface area contributed by atoms with Crippen LogP contribution < -0.4 is 0 Å². The number of fused-ring (bicyclic) bond motifs is 3. The summed E-state index contributed by atoms with van der Waals surface area (Å²) in [7, 11) is 0. The third-order valence-corrected chi connectivity index (χ3v) is 15.6. The Morgan fingerprint density at radius 2 is 1.66 bits per heavy atom. The molecule has 5 fully saturated rings. The fraction of sp³-hybridized carbons (Fsp3) is 0.895. The second-order valence-corrected chi connectivity index (χ2v) is 18.0. The van der Waals surface area contributed by atoms with E-state index >= 15 is 0 Å². The van der Waals surface area contributed by atoms with Gasteiger partial charge in [0, 0.05) is 24.2 Å². The lowest BCUT2D eigenvalue weighted by Gasteiger charge is -2.71. The van der Waals surface area contributed by atoms with Crippen LogP contribution in [0.1, 0.15) is 93.9 Å². The number of carbonyl (C=O) groups is 2. The van der Waals surface area contributed by atoms with Crippen molar-refractivity contribution >= 4 is 11.9 Å². The average Bonchev–Trinajstić information content (AvgIpc) is 3.04. The molecule has 12 heteroatoms. The number of aliphatic carboxylic acids is 1. The molecule has 2 aliphatic heterocycles. The third-order valence-electron chi connectivity index (χ3n) is 15.6. The molecule has 4 aliphatic carbocycles. The summed E-state index contributed by atoms with van der Waals surface area (Å²) in [6.07, 6.45) is -4.59. The van der Waals surface area contributed by atoms with Gasteiger partial charge in [0.15, 0.2) is 12.6 Å². The van der Waals surface area contributed by atoms with Crippen LogP contribution in [-0.2, 0) is 28.5 Å². The van der Waals surface area contributed by atoms with Crippen LogP contribution >= 0.6 is 0 Å². The number of esters is 1. The highest BCUT2D eigenvalue weighted by Gasteiger charge is 2.74. The van der Waals surface area contributed by atoms with E-state index in [1.165, 1.54) is 6.92 Å². The molecule has 0 amide bonds. The molecule has 12 nitrogen and oxygen atoms in total. The zero-order valence-corrected chi connectivity index (χ0v) is 30.9. The van der Waals surface area contributed by atoms with Crippen molar-refractivity contribution in [1.82, 2.24) is 0 Å². The quantitative estimate of drug-likeness (QED) is 0.129. The van der Waals surface area contributed by atoms with Crippen LogP contribution in [0.2, 0.25) is 0 Å². The Kier molecular flexibility index (Phi) is 9.71. The molecule has 17 atom stereocenters. The van der Waals surface area contributed by atoms with Crippen LogP contribution in [0, 0.1) is 56.7 Å². The molecule has 2 saturated heterocycles. The molecule has 50 heavy (non-hydrogen) atoms. The van der Waals surface area contributed by atoms with Gasteiger partial charge < -0.3 is 49.6 Å². The minimum Gasteiger partial charge on any atom is -0.481 e. The van der Waals surface area contributed by atoms with Crippen LogP contribution in [0.3, 0.4) is 0 Å². The van der Waals surface area contributed by atoms with Crippen LogP contribution in [0.25, 0.3) is 0 Å². The first-order valence-corrected chi connectivity index (χ1v) is 18.6. The number of hydrogen-bond acceptors (Lipinski definition) is 11. The lowest BCUT2D eigenvalue weighted by atomic mass is 9.34. The van der Waals surface area contributed by atoms with Crippen LogP contribution in [0.5, 0.6) is 0 Å². The van der Waals surface area contributed by atoms with Gasteiger partial charge in [0.05, 0.1) is 19.1 Å². The monoisotopic (exact) mass is 708 g/mol. The second-order valence-electron chi connectivity index (χ2n) is 18.0. The first kappa shape index (κ1) is 38.1. The van der Waals surface area contributed by atoms with Crippen molar-refractivity contribution in [3.63, 3.8) is 0 Å². The molecular weight excluding hydrogens is 648 g/mol. The number of allylic oxidation sites excluding steroid dienone is 1. The highest BCUT2D eigenvalue weighted by Crippen LogP contribution is 2.75. The zero-order chi connectivity index (χ0) is 36.9. The molecular formula is C38H60O12. The van der Waals surface area contributed by atoms with E-state index < -0.39 is 101 Å². The van der Waals surface area contributed by atoms with Gasteiger partial charge in [-0.3, -0.25) is 9.59 Å². The molecule has 6 rings (SSSR count). The van der Waals surface area contributed by atoms with E-state index in [-0.39, 0.29) is 30.8 Å². The zero-order valence-electron chi connectivity index (χ0n) is 30.9. The standard InChI is InChI=1S/C38H60O12/c1-18(2)19(3)34(5)13-14-36(7)21-9-10-25-35(6)17-47-33(46)38(25,22(21)11-12-37(36,8)29(34)31(44)45)15-23(48-20(4)40)30(35)50-32-28(43)27(42)26(41)24(16-39)49-32/h11,18-19,21,23-30,32-33,39,41-43,46H,9-10,12-17H2,1-8H3,(H,44,45)/t19?,21?,23-,24-,25?,26-,27+,28-,29-,30+,32+,33?,34-,35?,36-,37+,38-/m1/s1. The van der Waals surface area contributed by atoms with Gasteiger partial charge in [0.25, 0.3) is 0 Å². The summed E-state index contributed by atoms with van der Waals surface area (Å²) in [5.74, 6) is -1.61. The van der Waals surface area contributed by atoms with Gasteiger partial charge in [0.2, 0.25) is 0 Å². The Morgan fingerprint density at radius 1 is 0.980 bits per heavy atom. The summed E-state index contributed by atoms with van der Waals surface area (Å²) in [5.41, 5.74) is -2.15. The van der Waals surface area contributed by atoms with Crippen molar-refractivity contribution in [3.8, 4) is 0 Å². The average molecular weight is 709 g/mol. The normalized spacial score (nSPS) is 52.2. The Balaban J connectivity index is 1.42. The van der Waals surface area contributed by atoms with E-state index in [2.05, 4.69) is 47.6 Å². The number of ether oxygens (including phenoxy) is 4. The molecule has 284 valence electrons. The van der Waals surface area contributed by atoms with Crippen molar-refractivity contribution in [3.05, 3.63) is 11.6 Å². The second kappa shape index (κ2) is 12.7. The van der Waals surface area contributed by atoms with Gasteiger partial charge in [-0.2, -0.15) is 0 Å². The molecule has 3 saturated carbocycles. The maximum Gasteiger partial charge on any atom is 0.307 e. The third kappa shape index (κ3) is 5.13. The predicted molar refractivity (Wildman–Crippen MR) is 179 cm³/mol. The Hall–Kier alpha value is -1.64. The van der Waals surface area contributed by atoms with E-state index in [9.17, 15) is 40.2 Å². The molecule has 2 heterocycles. The topological polar surface area (TPSA) is 192 Å². The van der Waals surface area contributed by atoms with Crippen LogP contribution in [-0.4, -0.2) is 105 Å². The lowest BCUT2D eigenvalue weighted by Crippen LogP contribution is -2.73. The number of aliphatic hydroxyl groups excluding tert-OH is 5. The van der Waals surface area contributed by atoms with E-state index in [0.29, 0.717) is 18.8 Å². The maximum absolute atomic E-state index is 13.4. The highest BCUT2D eigenvalue weighted by molar-refractivity contribution is 5.73. The number of rotatable bonds is 7. The fourth-order valence-corrected chi connectivity index (χ4v) is 12.5. The molecule has 0 spiro atoms. The summed E-state index contributed by atoms with van der Waals surface area (Å²) >= 11 is 0. The van der Waals surface area contributed by atoms with Gasteiger partial charge in [-0.25, -0.2) is 0 Å². The number of hydrogen-bond donors (Lipinski definition) is 6. The molecule has 5 unspecified atom stereocenters. The van der Waals surface area contributed by atoms with Gasteiger partial charge >= 0.3 is 11.9 Å². The molecule has 0 radical (unpaired) electrons. The van der Waals surface area contributed by atoms with Crippen LogP contribution in [0.4, 0.5) is 0 Å². The van der Waals surface area contributed by atoms with Crippen molar-refractivity contribution in [2.75, 3.05) is 13.2 Å². The van der Waals surface area contributed by atoms with E-state index in [4.69, 9.17) is 18.9 Å². The van der Waals surface area contributed by atoms with Crippen molar-refractivity contribution < 1.29 is 59.2 Å². The Morgan fingerprint density at radius 3 is 2.26 bits per heavy atom. The molecule has 0 aromatic carbocycles. The number of carboxylic acid groups (broad SMARTS) is 1. The summed E-state index contributed by atoms with van der Waals surface area (Å²) < 4.78 is 24.5. The Labute approximate surface area is 295 Å². The first-order valence-electron chi connectivity index (χ1n) is 18.6. The fourth-order valence-electron chi connectivity index (χ4n) is 12.5. The van der Waals surface area contributed by atoms with Gasteiger partial charge in [0.1, 0.15) is 36.6 Å². The van der Waals surface area contributed by atoms with Crippen molar-refractivity contribution in [2.24, 2.45) is 56.7 Å². The SMILES string of the molecule is CC(=O)O[C@@H]1C[C@@]23C4=CC[C@@]5(C)[C@H](C(=O)O)[C@@](C)(C(C)C(C)C)CC[C@]5(C)C4CCC2C(C)(COC3O)[C@H]1O[C@@H]1O[C@H](CO)[C@@H](O)[C@H](O)[C@H]1O. The number of aliphatic hydroxyl groups is 5. The molecule has 6 aliphatic rings. The molecule has 0 aromatic heterocycles. The largest absolute Gasteiger partial charge is 0.481 e. The highest BCUT2D eigenvalue weighted by atomic mass is 16.7. The molecule has 2 bridgehead atoms. The van der Waals surface area contributed by atoms with Gasteiger partial charge in [-0.1, -0.05) is 60.1 Å². The lowest BCUT2D eigenvalue weighted by molar-refractivity contribution is -0.369. The van der Waals surface area contributed by atoms with Gasteiger partial charge in [-0.15, -0.1) is 0 Å². The smallest absolute Gasteiger partial charge is 0.307 e. The summed E-state index contributed by atoms with van der Waals surface area (Å²) in [6.45, 7) is 15.8. The van der Waals surface area contributed by atoms with E-state index in [1.807, 2.05) is 6.92 Å². The molecule has 0 aromatic rings. The van der Waals surface area contributed by atoms with Crippen molar-refractivity contribution in [2.45, 2.75) is 143 Å². The summed E-state index contributed by atoms with van der Waals surface area (Å²) in [5, 5.41) is 64.6. The summed E-state index contributed by atoms with van der Waals surface area (Å²) in [6, 6.07) is 0. The summed E-state index contributed by atoms with van der Waals surface area (Å²) in [4.78, 5) is 26.1.